The summed E-state index contributed by atoms with van der Waals surface area (Å²) in [5, 5.41) is 2.84. The molecule has 0 saturated carbocycles. The highest BCUT2D eigenvalue weighted by atomic mass is 16.2. The summed E-state index contributed by atoms with van der Waals surface area (Å²) in [6, 6.07) is 0.497. The van der Waals surface area contributed by atoms with Gasteiger partial charge in [-0.05, 0) is 12.8 Å². The van der Waals surface area contributed by atoms with E-state index in [1.54, 1.807) is 0 Å². The largest absolute Gasteiger partial charge is 0.336 e. The molecule has 0 radical (unpaired) electrons. The zero-order valence-electron chi connectivity index (χ0n) is 8.84. The molecule has 3 heteroatoms. The van der Waals surface area contributed by atoms with Crippen LogP contribution in [0.1, 0.15) is 33.6 Å². The minimum atomic E-state index is 0.111. The van der Waals surface area contributed by atoms with Crippen molar-refractivity contribution in [3.8, 4) is 0 Å². The van der Waals surface area contributed by atoms with E-state index in [4.69, 9.17) is 0 Å². The van der Waals surface area contributed by atoms with Gasteiger partial charge >= 0.3 is 6.03 Å². The van der Waals surface area contributed by atoms with Gasteiger partial charge in [0.2, 0.25) is 0 Å². The van der Waals surface area contributed by atoms with E-state index in [1.807, 2.05) is 4.90 Å². The maximum absolute atomic E-state index is 11.4. The van der Waals surface area contributed by atoms with Gasteiger partial charge in [0.15, 0.2) is 0 Å². The number of amides is 2. The summed E-state index contributed by atoms with van der Waals surface area (Å²) in [5.41, 5.74) is 0. The first-order valence-corrected chi connectivity index (χ1v) is 5.25. The van der Waals surface area contributed by atoms with Gasteiger partial charge in [0, 0.05) is 19.1 Å². The average molecular weight is 184 g/mol. The molecule has 0 aromatic heterocycles. The summed E-state index contributed by atoms with van der Waals surface area (Å²) >= 11 is 0. The molecule has 1 rings (SSSR count). The van der Waals surface area contributed by atoms with E-state index in [0.29, 0.717) is 12.0 Å². The maximum Gasteiger partial charge on any atom is 0.317 e. The third-order valence-electron chi connectivity index (χ3n) is 3.11. The lowest BCUT2D eigenvalue weighted by atomic mass is 9.94. The molecule has 2 amide bonds. The monoisotopic (exact) mass is 184 g/mol. The number of carbonyl (C=O) groups is 1. The van der Waals surface area contributed by atoms with Crippen molar-refractivity contribution >= 4 is 6.03 Å². The van der Waals surface area contributed by atoms with Crippen LogP contribution in [0.25, 0.3) is 0 Å². The molecule has 1 atom stereocenters. The van der Waals surface area contributed by atoms with Gasteiger partial charge in [0.25, 0.3) is 0 Å². The topological polar surface area (TPSA) is 32.3 Å². The fraction of sp³-hybridized carbons (Fsp3) is 0.900. The van der Waals surface area contributed by atoms with Crippen molar-refractivity contribution in [1.29, 1.82) is 0 Å². The molecule has 0 aromatic carbocycles. The molecule has 0 aliphatic carbocycles. The van der Waals surface area contributed by atoms with E-state index in [9.17, 15) is 4.79 Å². The molecule has 0 spiro atoms. The van der Waals surface area contributed by atoms with Gasteiger partial charge < -0.3 is 10.2 Å². The Morgan fingerprint density at radius 2 is 2.08 bits per heavy atom. The first-order valence-electron chi connectivity index (χ1n) is 5.25. The SMILES string of the molecule is CCC(CC)C(C)N1CCNC1=O. The second-order valence-corrected chi connectivity index (χ2v) is 3.74. The minimum absolute atomic E-state index is 0.111. The molecule has 0 bridgehead atoms. The molecule has 3 nitrogen and oxygen atoms in total. The fourth-order valence-electron chi connectivity index (χ4n) is 2.10. The fourth-order valence-corrected chi connectivity index (χ4v) is 2.10. The maximum atomic E-state index is 11.4. The summed E-state index contributed by atoms with van der Waals surface area (Å²) in [6.45, 7) is 8.22. The summed E-state index contributed by atoms with van der Waals surface area (Å²) < 4.78 is 0. The van der Waals surface area contributed by atoms with Gasteiger partial charge in [-0.25, -0.2) is 4.79 Å². The van der Waals surface area contributed by atoms with Crippen LogP contribution in [0.5, 0.6) is 0 Å². The number of hydrogen-bond donors (Lipinski definition) is 1. The number of hydrogen-bond acceptors (Lipinski definition) is 1. The van der Waals surface area contributed by atoms with E-state index < -0.39 is 0 Å². The molecular formula is C10H20N2O. The van der Waals surface area contributed by atoms with Gasteiger partial charge in [-0.1, -0.05) is 26.7 Å². The number of carbonyl (C=O) groups excluding carboxylic acids is 1. The Balaban J connectivity index is 2.54. The highest BCUT2D eigenvalue weighted by molar-refractivity contribution is 5.76. The van der Waals surface area contributed by atoms with Crippen LogP contribution in [0.2, 0.25) is 0 Å². The minimum Gasteiger partial charge on any atom is -0.336 e. The summed E-state index contributed by atoms with van der Waals surface area (Å²) in [6.07, 6.45) is 2.31. The van der Waals surface area contributed by atoms with E-state index in [0.717, 1.165) is 25.9 Å². The number of urea groups is 1. The van der Waals surface area contributed by atoms with Gasteiger partial charge in [-0.3, -0.25) is 0 Å². The normalized spacial score (nSPS) is 19.4. The molecule has 1 aliphatic heterocycles. The van der Waals surface area contributed by atoms with Crippen molar-refractivity contribution in [1.82, 2.24) is 10.2 Å². The standard InChI is InChI=1S/C10H20N2O/c1-4-9(5-2)8(3)12-7-6-11-10(12)13/h8-9H,4-7H2,1-3H3,(H,11,13). The third kappa shape index (κ3) is 2.14. The van der Waals surface area contributed by atoms with Crippen LogP contribution in [-0.4, -0.2) is 30.1 Å². The van der Waals surface area contributed by atoms with E-state index in [2.05, 4.69) is 26.1 Å². The van der Waals surface area contributed by atoms with Crippen molar-refractivity contribution in [2.45, 2.75) is 39.7 Å². The first kappa shape index (κ1) is 10.4. The number of nitrogens with zero attached hydrogens (tertiary/aromatic N) is 1. The highest BCUT2D eigenvalue weighted by Crippen LogP contribution is 2.19. The van der Waals surface area contributed by atoms with Crippen LogP contribution in [0.4, 0.5) is 4.79 Å². The zero-order chi connectivity index (χ0) is 9.84. The van der Waals surface area contributed by atoms with E-state index >= 15 is 0 Å². The van der Waals surface area contributed by atoms with Crippen LogP contribution >= 0.6 is 0 Å². The zero-order valence-corrected chi connectivity index (χ0v) is 8.84. The molecule has 13 heavy (non-hydrogen) atoms. The second kappa shape index (κ2) is 4.49. The van der Waals surface area contributed by atoms with Gasteiger partial charge in [-0.2, -0.15) is 0 Å². The lowest BCUT2D eigenvalue weighted by Crippen LogP contribution is -2.40. The molecular weight excluding hydrogens is 164 g/mol. The quantitative estimate of drug-likeness (QED) is 0.710. The van der Waals surface area contributed by atoms with Crippen LogP contribution < -0.4 is 5.32 Å². The molecule has 0 aromatic rings. The predicted molar refractivity (Wildman–Crippen MR) is 53.6 cm³/mol. The van der Waals surface area contributed by atoms with Crippen molar-refractivity contribution in [3.63, 3.8) is 0 Å². The predicted octanol–water partition coefficient (Wildman–Crippen LogP) is 1.84. The molecule has 1 heterocycles. The van der Waals surface area contributed by atoms with Crippen molar-refractivity contribution in [2.75, 3.05) is 13.1 Å². The molecule has 76 valence electrons. The Labute approximate surface area is 80.5 Å². The van der Waals surface area contributed by atoms with Crippen LogP contribution in [-0.2, 0) is 0 Å². The molecule has 1 aliphatic rings. The lowest BCUT2D eigenvalue weighted by molar-refractivity contribution is 0.174. The van der Waals surface area contributed by atoms with Crippen LogP contribution in [0, 0.1) is 5.92 Å². The molecule has 1 fully saturated rings. The van der Waals surface area contributed by atoms with Crippen LogP contribution in [0.15, 0.2) is 0 Å². The lowest BCUT2D eigenvalue weighted by Gasteiger charge is -2.29. The number of rotatable bonds is 4. The smallest absolute Gasteiger partial charge is 0.317 e. The second-order valence-electron chi connectivity index (χ2n) is 3.74. The Kier molecular flexibility index (Phi) is 3.58. The van der Waals surface area contributed by atoms with Crippen molar-refractivity contribution in [3.05, 3.63) is 0 Å². The average Bonchev–Trinajstić information content (AvgIpc) is 2.53. The van der Waals surface area contributed by atoms with Crippen LogP contribution in [0.3, 0.4) is 0 Å². The van der Waals surface area contributed by atoms with Gasteiger partial charge in [0.05, 0.1) is 0 Å². The molecule has 1 unspecified atom stereocenters. The third-order valence-corrected chi connectivity index (χ3v) is 3.11. The highest BCUT2D eigenvalue weighted by Gasteiger charge is 2.28. The Morgan fingerprint density at radius 3 is 2.46 bits per heavy atom. The number of nitrogens with one attached hydrogen (secondary N) is 1. The summed E-state index contributed by atoms with van der Waals surface area (Å²) in [5.74, 6) is 0.642. The Hall–Kier alpha value is -0.730. The van der Waals surface area contributed by atoms with Gasteiger partial charge in [0.1, 0.15) is 0 Å². The van der Waals surface area contributed by atoms with Gasteiger partial charge in [-0.15, -0.1) is 0 Å². The summed E-state index contributed by atoms with van der Waals surface area (Å²) in [4.78, 5) is 13.3. The first-order chi connectivity index (χ1) is 6.20. The molecule has 1 saturated heterocycles. The Morgan fingerprint density at radius 1 is 1.46 bits per heavy atom. The van der Waals surface area contributed by atoms with E-state index in [-0.39, 0.29) is 6.03 Å². The van der Waals surface area contributed by atoms with Crippen molar-refractivity contribution in [2.24, 2.45) is 5.92 Å². The summed E-state index contributed by atoms with van der Waals surface area (Å²) in [7, 11) is 0. The van der Waals surface area contributed by atoms with E-state index in [1.165, 1.54) is 0 Å². The van der Waals surface area contributed by atoms with Crippen molar-refractivity contribution < 1.29 is 4.79 Å². The molecule has 1 N–H and O–H groups in total. The Bertz CT molecular complexity index is 178.